The van der Waals surface area contributed by atoms with Crippen molar-refractivity contribution in [3.8, 4) is 0 Å². The minimum absolute atomic E-state index is 1.07. The molecule has 1 aliphatic rings. The Morgan fingerprint density at radius 3 is 2.47 bits per heavy atom. The standard InChI is InChI=1S/C14H23N3/c1-16-10-12-17(13-11-16)9-5-8-15-14-6-3-2-4-7-14/h2-4,6-7,15H,5,8-13H2,1H3. The first-order chi connectivity index (χ1) is 8.34. The number of benzene rings is 1. The molecule has 0 aromatic heterocycles. The maximum absolute atomic E-state index is 3.46. The van der Waals surface area contributed by atoms with Crippen LogP contribution in [0.4, 0.5) is 5.69 Å². The Balaban J connectivity index is 1.57. The number of hydrogen-bond acceptors (Lipinski definition) is 3. The van der Waals surface area contributed by atoms with Crippen LogP contribution in [0.1, 0.15) is 6.42 Å². The molecule has 0 amide bonds. The molecule has 2 rings (SSSR count). The van der Waals surface area contributed by atoms with Gasteiger partial charge in [0, 0.05) is 38.4 Å². The summed E-state index contributed by atoms with van der Waals surface area (Å²) in [5.74, 6) is 0. The molecule has 1 saturated heterocycles. The lowest BCUT2D eigenvalue weighted by Gasteiger charge is -2.32. The van der Waals surface area contributed by atoms with Gasteiger partial charge in [-0.1, -0.05) is 18.2 Å². The van der Waals surface area contributed by atoms with Gasteiger partial charge in [-0.3, -0.25) is 0 Å². The molecule has 0 spiro atoms. The molecule has 1 fully saturated rings. The summed E-state index contributed by atoms with van der Waals surface area (Å²) in [6, 6.07) is 10.4. The van der Waals surface area contributed by atoms with E-state index in [2.05, 4.69) is 52.5 Å². The SMILES string of the molecule is CN1CCN(CCCNc2ccccc2)CC1. The van der Waals surface area contributed by atoms with Crippen molar-refractivity contribution in [3.63, 3.8) is 0 Å². The van der Waals surface area contributed by atoms with Gasteiger partial charge in [0.15, 0.2) is 0 Å². The van der Waals surface area contributed by atoms with E-state index in [9.17, 15) is 0 Å². The Morgan fingerprint density at radius 2 is 1.76 bits per heavy atom. The normalized spacial score (nSPS) is 18.2. The summed E-state index contributed by atoms with van der Waals surface area (Å²) in [7, 11) is 2.20. The smallest absolute Gasteiger partial charge is 0.0340 e. The zero-order valence-electron chi connectivity index (χ0n) is 10.7. The first-order valence-corrected chi connectivity index (χ1v) is 6.54. The molecular weight excluding hydrogens is 210 g/mol. The molecule has 0 radical (unpaired) electrons. The van der Waals surface area contributed by atoms with Crippen molar-refractivity contribution in [1.29, 1.82) is 0 Å². The molecule has 1 aliphatic heterocycles. The highest BCUT2D eigenvalue weighted by Crippen LogP contribution is 2.05. The molecule has 94 valence electrons. The van der Waals surface area contributed by atoms with Crippen LogP contribution in [0.5, 0.6) is 0 Å². The van der Waals surface area contributed by atoms with Crippen LogP contribution in [-0.2, 0) is 0 Å². The van der Waals surface area contributed by atoms with Crippen molar-refractivity contribution in [2.45, 2.75) is 6.42 Å². The van der Waals surface area contributed by atoms with Crippen molar-refractivity contribution < 1.29 is 0 Å². The minimum Gasteiger partial charge on any atom is -0.385 e. The third-order valence-corrected chi connectivity index (χ3v) is 3.35. The number of para-hydroxylation sites is 1. The van der Waals surface area contributed by atoms with Crippen molar-refractivity contribution in [2.75, 3.05) is 51.6 Å². The second kappa shape index (κ2) is 6.62. The van der Waals surface area contributed by atoms with Gasteiger partial charge in [-0.2, -0.15) is 0 Å². The fourth-order valence-corrected chi connectivity index (χ4v) is 2.16. The van der Waals surface area contributed by atoms with Crippen LogP contribution in [0.25, 0.3) is 0 Å². The van der Waals surface area contributed by atoms with Crippen LogP contribution in [0.3, 0.4) is 0 Å². The molecule has 0 bridgehead atoms. The summed E-state index contributed by atoms with van der Waals surface area (Å²) in [5.41, 5.74) is 1.23. The van der Waals surface area contributed by atoms with Gasteiger partial charge in [0.1, 0.15) is 0 Å². The number of piperazine rings is 1. The molecule has 0 aliphatic carbocycles. The maximum atomic E-state index is 3.46. The summed E-state index contributed by atoms with van der Waals surface area (Å²) in [6.07, 6.45) is 1.22. The molecule has 1 aromatic rings. The summed E-state index contributed by atoms with van der Waals surface area (Å²) < 4.78 is 0. The molecule has 0 atom stereocenters. The number of likely N-dealkylation sites (N-methyl/N-ethyl adjacent to an activating group) is 1. The summed E-state index contributed by atoms with van der Waals surface area (Å²) in [5, 5.41) is 3.46. The molecule has 3 heteroatoms. The Kier molecular flexibility index (Phi) is 4.83. The fraction of sp³-hybridized carbons (Fsp3) is 0.571. The Bertz CT molecular complexity index is 305. The van der Waals surface area contributed by atoms with Crippen LogP contribution in [-0.4, -0.2) is 56.1 Å². The molecule has 1 aromatic carbocycles. The first kappa shape index (κ1) is 12.4. The van der Waals surface area contributed by atoms with Gasteiger partial charge in [-0.15, -0.1) is 0 Å². The maximum Gasteiger partial charge on any atom is 0.0340 e. The van der Waals surface area contributed by atoms with Gasteiger partial charge in [0.05, 0.1) is 0 Å². The van der Waals surface area contributed by atoms with Gasteiger partial charge < -0.3 is 15.1 Å². The van der Waals surface area contributed by atoms with Gasteiger partial charge >= 0.3 is 0 Å². The van der Waals surface area contributed by atoms with Gasteiger partial charge in [-0.25, -0.2) is 0 Å². The Labute approximate surface area is 104 Å². The van der Waals surface area contributed by atoms with Crippen molar-refractivity contribution in [2.24, 2.45) is 0 Å². The fourth-order valence-electron chi connectivity index (χ4n) is 2.16. The molecule has 1 heterocycles. The number of rotatable bonds is 5. The predicted octanol–water partition coefficient (Wildman–Crippen LogP) is 1.74. The highest BCUT2D eigenvalue weighted by Gasteiger charge is 2.12. The second-order valence-corrected chi connectivity index (χ2v) is 4.79. The lowest BCUT2D eigenvalue weighted by molar-refractivity contribution is 0.154. The molecule has 17 heavy (non-hydrogen) atoms. The molecule has 1 N–H and O–H groups in total. The zero-order chi connectivity index (χ0) is 11.9. The summed E-state index contributed by atoms with van der Waals surface area (Å²) >= 11 is 0. The van der Waals surface area contributed by atoms with E-state index in [1.165, 1.54) is 44.8 Å². The van der Waals surface area contributed by atoms with E-state index >= 15 is 0 Å². The van der Waals surface area contributed by atoms with Crippen molar-refractivity contribution in [1.82, 2.24) is 9.80 Å². The quantitative estimate of drug-likeness (QED) is 0.782. The molecule has 0 unspecified atom stereocenters. The summed E-state index contributed by atoms with van der Waals surface area (Å²) in [4.78, 5) is 4.96. The predicted molar refractivity (Wildman–Crippen MR) is 73.5 cm³/mol. The van der Waals surface area contributed by atoms with E-state index in [1.54, 1.807) is 0 Å². The molecule has 0 saturated carbocycles. The average Bonchev–Trinajstić information content (AvgIpc) is 2.38. The number of nitrogens with zero attached hydrogens (tertiary/aromatic N) is 2. The third kappa shape index (κ3) is 4.36. The van der Waals surface area contributed by atoms with Crippen molar-refractivity contribution in [3.05, 3.63) is 30.3 Å². The van der Waals surface area contributed by atoms with Gasteiger partial charge in [-0.05, 0) is 32.1 Å². The topological polar surface area (TPSA) is 18.5 Å². The van der Waals surface area contributed by atoms with Crippen LogP contribution in [0.2, 0.25) is 0 Å². The van der Waals surface area contributed by atoms with E-state index in [1.807, 2.05) is 0 Å². The lowest BCUT2D eigenvalue weighted by Crippen LogP contribution is -2.44. The lowest BCUT2D eigenvalue weighted by atomic mass is 10.3. The van der Waals surface area contributed by atoms with Gasteiger partial charge in [0.2, 0.25) is 0 Å². The van der Waals surface area contributed by atoms with E-state index in [0.717, 1.165) is 6.54 Å². The number of nitrogens with one attached hydrogen (secondary N) is 1. The largest absolute Gasteiger partial charge is 0.385 e. The third-order valence-electron chi connectivity index (χ3n) is 3.35. The minimum atomic E-state index is 1.07. The Hall–Kier alpha value is -1.06. The highest BCUT2D eigenvalue weighted by molar-refractivity contribution is 5.42. The zero-order valence-corrected chi connectivity index (χ0v) is 10.7. The van der Waals surface area contributed by atoms with Crippen LogP contribution >= 0.6 is 0 Å². The van der Waals surface area contributed by atoms with Crippen LogP contribution < -0.4 is 5.32 Å². The monoisotopic (exact) mass is 233 g/mol. The number of anilines is 1. The molecular formula is C14H23N3. The summed E-state index contributed by atoms with van der Waals surface area (Å²) in [6.45, 7) is 7.16. The molecule has 3 nitrogen and oxygen atoms in total. The van der Waals surface area contributed by atoms with Crippen LogP contribution in [0, 0.1) is 0 Å². The average molecular weight is 233 g/mol. The van der Waals surface area contributed by atoms with E-state index in [0.29, 0.717) is 0 Å². The Morgan fingerprint density at radius 1 is 1.06 bits per heavy atom. The van der Waals surface area contributed by atoms with E-state index in [4.69, 9.17) is 0 Å². The second-order valence-electron chi connectivity index (χ2n) is 4.79. The first-order valence-electron chi connectivity index (χ1n) is 6.54. The van der Waals surface area contributed by atoms with E-state index < -0.39 is 0 Å². The number of hydrogen-bond donors (Lipinski definition) is 1. The van der Waals surface area contributed by atoms with Gasteiger partial charge in [0.25, 0.3) is 0 Å². The van der Waals surface area contributed by atoms with Crippen molar-refractivity contribution >= 4 is 5.69 Å². The van der Waals surface area contributed by atoms with Crippen LogP contribution in [0.15, 0.2) is 30.3 Å². The van der Waals surface area contributed by atoms with E-state index in [-0.39, 0.29) is 0 Å². The highest BCUT2D eigenvalue weighted by atomic mass is 15.2.